The molecule has 1 rings (SSSR count). The molecule has 0 aliphatic heterocycles. The second-order valence-corrected chi connectivity index (χ2v) is 4.23. The van der Waals surface area contributed by atoms with Crippen LogP contribution in [0.2, 0.25) is 0 Å². The summed E-state index contributed by atoms with van der Waals surface area (Å²) in [5, 5.41) is 10.5. The first-order valence-corrected chi connectivity index (χ1v) is 6.06. The molecule has 1 aromatic carbocycles. The highest BCUT2D eigenvalue weighted by atomic mass is 19.4. The van der Waals surface area contributed by atoms with Gasteiger partial charge < -0.3 is 5.11 Å². The van der Waals surface area contributed by atoms with Gasteiger partial charge in [-0.3, -0.25) is 0 Å². The molecule has 1 atom stereocenters. The number of hydrogen-bond acceptors (Lipinski definition) is 1. The molecule has 0 spiro atoms. The second-order valence-electron chi connectivity index (χ2n) is 4.23. The van der Waals surface area contributed by atoms with Crippen LogP contribution in [0.1, 0.15) is 30.9 Å². The van der Waals surface area contributed by atoms with Crippen LogP contribution < -0.4 is 0 Å². The molecule has 1 aromatic rings. The van der Waals surface area contributed by atoms with E-state index in [1.807, 2.05) is 6.92 Å². The van der Waals surface area contributed by atoms with Gasteiger partial charge >= 0.3 is 6.18 Å². The number of halogens is 3. The first-order valence-electron chi connectivity index (χ1n) is 6.06. The molecule has 0 saturated carbocycles. The Kier molecular flexibility index (Phi) is 5.21. The molecule has 0 radical (unpaired) electrons. The molecule has 106 valence electrons. The summed E-state index contributed by atoms with van der Waals surface area (Å²) >= 11 is 0. The highest BCUT2D eigenvalue weighted by molar-refractivity contribution is 5.33. The van der Waals surface area contributed by atoms with Gasteiger partial charge in [0.05, 0.1) is 5.56 Å². The Hall–Kier alpha value is -1.95. The topological polar surface area (TPSA) is 20.2 Å². The van der Waals surface area contributed by atoms with Gasteiger partial charge in [0.1, 0.15) is 5.60 Å². The summed E-state index contributed by atoms with van der Waals surface area (Å²) in [6.45, 7) is 5.26. The third kappa shape index (κ3) is 4.03. The Morgan fingerprint density at radius 2 is 1.70 bits per heavy atom. The van der Waals surface area contributed by atoms with Crippen LogP contribution in [0.4, 0.5) is 13.2 Å². The molecule has 0 amide bonds. The maximum Gasteiger partial charge on any atom is 0.416 e. The maximum absolute atomic E-state index is 12.5. The van der Waals surface area contributed by atoms with E-state index in [0.29, 0.717) is 12.0 Å². The lowest BCUT2D eigenvalue weighted by atomic mass is 9.90. The van der Waals surface area contributed by atoms with Crippen LogP contribution in [0, 0.1) is 11.8 Å². The summed E-state index contributed by atoms with van der Waals surface area (Å²) in [7, 11) is 0. The minimum Gasteiger partial charge on any atom is -0.379 e. The van der Waals surface area contributed by atoms with Gasteiger partial charge in [-0.05, 0) is 23.8 Å². The highest BCUT2D eigenvalue weighted by Crippen LogP contribution is 2.32. The number of benzene rings is 1. The lowest BCUT2D eigenvalue weighted by molar-refractivity contribution is -0.137. The summed E-state index contributed by atoms with van der Waals surface area (Å²) in [5.41, 5.74) is 0.553. The Balaban J connectivity index is 3.13. The minimum absolute atomic E-state index is 0.0781. The van der Waals surface area contributed by atoms with E-state index in [2.05, 4.69) is 24.2 Å². The number of alkyl halides is 3. The third-order valence-corrected chi connectivity index (χ3v) is 2.71. The van der Waals surface area contributed by atoms with Crippen molar-refractivity contribution in [3.8, 4) is 11.8 Å². The largest absolute Gasteiger partial charge is 0.416 e. The molecule has 1 nitrogen and oxygen atoms in total. The van der Waals surface area contributed by atoms with Gasteiger partial charge in [0.25, 0.3) is 0 Å². The summed E-state index contributed by atoms with van der Waals surface area (Å²) < 4.78 is 37.5. The Bertz CT molecular complexity index is 554. The Labute approximate surface area is 116 Å². The summed E-state index contributed by atoms with van der Waals surface area (Å²) in [6.07, 6.45) is -2.37. The number of rotatable bonds is 3. The van der Waals surface area contributed by atoms with Crippen LogP contribution in [0.3, 0.4) is 0 Å². The molecule has 0 saturated heterocycles. The number of hydrogen-bond donors (Lipinski definition) is 1. The molecule has 0 fully saturated rings. The van der Waals surface area contributed by atoms with Crippen LogP contribution in [0.5, 0.6) is 0 Å². The summed E-state index contributed by atoms with van der Waals surface area (Å²) in [6, 6.07) is 4.35. The maximum atomic E-state index is 12.5. The van der Waals surface area contributed by atoms with Gasteiger partial charge in [0.15, 0.2) is 0 Å². The van der Waals surface area contributed by atoms with E-state index >= 15 is 0 Å². The van der Waals surface area contributed by atoms with E-state index < -0.39 is 17.3 Å². The van der Waals surface area contributed by atoms with Crippen molar-refractivity contribution >= 4 is 0 Å². The predicted octanol–water partition coefficient (Wildman–Crippen LogP) is 4.04. The first-order chi connectivity index (χ1) is 9.33. The molecule has 0 heterocycles. The van der Waals surface area contributed by atoms with Crippen LogP contribution in [-0.2, 0) is 11.8 Å². The van der Waals surface area contributed by atoms with Gasteiger partial charge in [-0.2, -0.15) is 13.2 Å². The molecule has 0 aliphatic rings. The molecule has 1 N–H and O–H groups in total. The van der Waals surface area contributed by atoms with Crippen molar-refractivity contribution in [3.63, 3.8) is 0 Å². The fourth-order valence-electron chi connectivity index (χ4n) is 1.68. The van der Waals surface area contributed by atoms with Gasteiger partial charge in [-0.1, -0.05) is 31.6 Å². The molecule has 0 aliphatic carbocycles. The zero-order valence-corrected chi connectivity index (χ0v) is 11.1. The van der Waals surface area contributed by atoms with E-state index in [4.69, 9.17) is 0 Å². The molecule has 4 heteroatoms. The van der Waals surface area contributed by atoms with Crippen LogP contribution in [0.15, 0.2) is 42.7 Å². The average molecular weight is 280 g/mol. The molecule has 20 heavy (non-hydrogen) atoms. The Morgan fingerprint density at radius 1 is 1.15 bits per heavy atom. The second kappa shape index (κ2) is 6.47. The van der Waals surface area contributed by atoms with Crippen molar-refractivity contribution in [1.29, 1.82) is 0 Å². The molecule has 0 bridgehead atoms. The quantitative estimate of drug-likeness (QED) is 0.654. The number of aliphatic hydroxyl groups is 1. The van der Waals surface area contributed by atoms with E-state index in [0.717, 1.165) is 12.1 Å². The zero-order chi connectivity index (χ0) is 15.2. The van der Waals surface area contributed by atoms with Gasteiger partial charge in [0, 0.05) is 12.8 Å². The van der Waals surface area contributed by atoms with Crippen molar-refractivity contribution in [2.45, 2.75) is 31.5 Å². The SMILES string of the molecule is C=C=CC(O)(CC#CCC)c1ccc(C(F)(F)F)cc1. The molecular formula is C16H15F3O. The van der Waals surface area contributed by atoms with Crippen LogP contribution in [-0.4, -0.2) is 5.11 Å². The van der Waals surface area contributed by atoms with E-state index in [1.165, 1.54) is 18.2 Å². The van der Waals surface area contributed by atoms with E-state index in [9.17, 15) is 18.3 Å². The fraction of sp³-hybridized carbons (Fsp3) is 0.312. The molecule has 1 unspecified atom stereocenters. The average Bonchev–Trinajstić information content (AvgIpc) is 2.38. The summed E-state index contributed by atoms with van der Waals surface area (Å²) in [4.78, 5) is 0. The van der Waals surface area contributed by atoms with Gasteiger partial charge in [-0.25, -0.2) is 0 Å². The van der Waals surface area contributed by atoms with Crippen LogP contribution in [0.25, 0.3) is 0 Å². The van der Waals surface area contributed by atoms with E-state index in [1.54, 1.807) is 0 Å². The van der Waals surface area contributed by atoms with Crippen LogP contribution >= 0.6 is 0 Å². The lowest BCUT2D eigenvalue weighted by Crippen LogP contribution is -2.22. The monoisotopic (exact) mass is 280 g/mol. The third-order valence-electron chi connectivity index (χ3n) is 2.71. The zero-order valence-electron chi connectivity index (χ0n) is 11.1. The van der Waals surface area contributed by atoms with E-state index in [-0.39, 0.29) is 6.42 Å². The van der Waals surface area contributed by atoms with Crippen molar-refractivity contribution in [1.82, 2.24) is 0 Å². The smallest absolute Gasteiger partial charge is 0.379 e. The van der Waals surface area contributed by atoms with Gasteiger partial charge in [0.2, 0.25) is 0 Å². The van der Waals surface area contributed by atoms with Crippen molar-refractivity contribution in [2.75, 3.05) is 0 Å². The lowest BCUT2D eigenvalue weighted by Gasteiger charge is -2.22. The first kappa shape index (κ1) is 16.1. The minimum atomic E-state index is -4.40. The Morgan fingerprint density at radius 3 is 2.15 bits per heavy atom. The molecule has 0 aromatic heterocycles. The highest BCUT2D eigenvalue weighted by Gasteiger charge is 2.31. The standard InChI is InChI=1S/C16H15F3O/c1-3-5-6-12-15(20,11-4-2)13-7-9-14(10-8-13)16(17,18)19/h7-11,20H,2-3,12H2,1H3. The predicted molar refractivity (Wildman–Crippen MR) is 71.7 cm³/mol. The molecular weight excluding hydrogens is 265 g/mol. The normalized spacial score (nSPS) is 13.7. The van der Waals surface area contributed by atoms with Crippen molar-refractivity contribution < 1.29 is 18.3 Å². The van der Waals surface area contributed by atoms with Crippen molar-refractivity contribution in [2.24, 2.45) is 0 Å². The van der Waals surface area contributed by atoms with Gasteiger partial charge in [-0.15, -0.1) is 11.7 Å². The van der Waals surface area contributed by atoms with Crippen molar-refractivity contribution in [3.05, 3.63) is 53.8 Å². The summed E-state index contributed by atoms with van der Waals surface area (Å²) in [5.74, 6) is 5.59. The fourth-order valence-corrected chi connectivity index (χ4v) is 1.68.